The minimum absolute atomic E-state index is 0.206. The van der Waals surface area contributed by atoms with Crippen LogP contribution in [-0.2, 0) is 4.79 Å². The predicted octanol–water partition coefficient (Wildman–Crippen LogP) is 0.194. The maximum Gasteiger partial charge on any atom is 0.245 e. The van der Waals surface area contributed by atoms with Crippen molar-refractivity contribution < 1.29 is 4.79 Å². The van der Waals surface area contributed by atoms with Crippen molar-refractivity contribution in [2.24, 2.45) is 4.99 Å². The summed E-state index contributed by atoms with van der Waals surface area (Å²) in [6, 6.07) is -0.237. The standard InChI is InChI=1S/C9H13ClN4O/c10-8-6(12-5-13-9(8)15)4-14-3-1-2-7(14)11/h5-6,8,11H,1-4H2,(H,12,13,15). The third kappa shape index (κ3) is 2.12. The van der Waals surface area contributed by atoms with E-state index in [9.17, 15) is 4.79 Å². The number of nitrogens with zero attached hydrogens (tertiary/aromatic N) is 2. The van der Waals surface area contributed by atoms with Gasteiger partial charge in [-0.15, -0.1) is 11.6 Å². The Labute approximate surface area is 93.0 Å². The van der Waals surface area contributed by atoms with Crippen LogP contribution in [0.15, 0.2) is 4.99 Å². The molecule has 1 amide bonds. The summed E-state index contributed by atoms with van der Waals surface area (Å²) in [7, 11) is 0. The number of carbonyl (C=O) groups excluding carboxylic acids is 1. The molecular weight excluding hydrogens is 216 g/mol. The van der Waals surface area contributed by atoms with Gasteiger partial charge in [0.2, 0.25) is 5.91 Å². The third-order valence-corrected chi connectivity index (χ3v) is 3.18. The molecule has 0 radical (unpaired) electrons. The number of nitrogens with one attached hydrogen (secondary N) is 2. The smallest absolute Gasteiger partial charge is 0.245 e. The molecule has 2 N–H and O–H groups in total. The number of likely N-dealkylation sites (tertiary alicyclic amines) is 1. The fourth-order valence-electron chi connectivity index (χ4n) is 1.82. The van der Waals surface area contributed by atoms with Gasteiger partial charge in [0.25, 0.3) is 0 Å². The minimum atomic E-state index is -0.622. The summed E-state index contributed by atoms with van der Waals surface area (Å²) in [6.45, 7) is 1.44. The van der Waals surface area contributed by atoms with E-state index in [-0.39, 0.29) is 11.9 Å². The van der Waals surface area contributed by atoms with Crippen LogP contribution >= 0.6 is 11.6 Å². The predicted molar refractivity (Wildman–Crippen MR) is 58.6 cm³/mol. The van der Waals surface area contributed by atoms with Crippen molar-refractivity contribution in [3.63, 3.8) is 0 Å². The summed E-state index contributed by atoms with van der Waals surface area (Å²) in [5.41, 5.74) is 0. The molecular formula is C9H13ClN4O. The first-order chi connectivity index (χ1) is 7.18. The summed E-state index contributed by atoms with van der Waals surface area (Å²) in [4.78, 5) is 17.3. The first-order valence-electron chi connectivity index (χ1n) is 4.97. The van der Waals surface area contributed by atoms with Crippen LogP contribution in [0.3, 0.4) is 0 Å². The monoisotopic (exact) mass is 228 g/mol. The molecule has 2 atom stereocenters. The molecule has 2 rings (SSSR count). The zero-order chi connectivity index (χ0) is 10.8. The average Bonchev–Trinajstić information content (AvgIpc) is 2.60. The highest BCUT2D eigenvalue weighted by Gasteiger charge is 2.31. The fourth-order valence-corrected chi connectivity index (χ4v) is 2.03. The van der Waals surface area contributed by atoms with E-state index in [0.29, 0.717) is 12.4 Å². The summed E-state index contributed by atoms with van der Waals surface area (Å²) in [5.74, 6) is 0.419. The molecule has 2 unspecified atom stereocenters. The van der Waals surface area contributed by atoms with E-state index in [1.165, 1.54) is 6.34 Å². The number of halogens is 1. The van der Waals surface area contributed by atoms with Crippen molar-refractivity contribution in [2.45, 2.75) is 24.3 Å². The Morgan fingerprint density at radius 2 is 2.53 bits per heavy atom. The van der Waals surface area contributed by atoms with Crippen molar-refractivity contribution >= 4 is 29.7 Å². The van der Waals surface area contributed by atoms with Gasteiger partial charge in [0.15, 0.2) is 0 Å². The lowest BCUT2D eigenvalue weighted by Crippen LogP contribution is -2.47. The van der Waals surface area contributed by atoms with Crippen LogP contribution in [0.2, 0.25) is 0 Å². The van der Waals surface area contributed by atoms with E-state index < -0.39 is 5.38 Å². The van der Waals surface area contributed by atoms with Crippen LogP contribution in [-0.4, -0.2) is 47.5 Å². The van der Waals surface area contributed by atoms with Crippen molar-refractivity contribution in [2.75, 3.05) is 13.1 Å². The zero-order valence-electron chi connectivity index (χ0n) is 8.24. The lowest BCUT2D eigenvalue weighted by atomic mass is 10.1. The summed E-state index contributed by atoms with van der Waals surface area (Å²) in [5, 5.41) is 9.51. The number of alkyl halides is 1. The molecule has 0 spiro atoms. The van der Waals surface area contributed by atoms with Crippen LogP contribution in [0, 0.1) is 5.41 Å². The second-order valence-corrected chi connectivity index (χ2v) is 4.22. The lowest BCUT2D eigenvalue weighted by molar-refractivity contribution is -0.119. The molecule has 0 bridgehead atoms. The molecule has 2 aliphatic rings. The van der Waals surface area contributed by atoms with Crippen LogP contribution in [0.25, 0.3) is 0 Å². The average molecular weight is 229 g/mol. The lowest BCUT2D eigenvalue weighted by Gasteiger charge is -2.26. The molecule has 0 aromatic heterocycles. The Morgan fingerprint density at radius 3 is 3.20 bits per heavy atom. The van der Waals surface area contributed by atoms with Gasteiger partial charge in [0.1, 0.15) is 5.38 Å². The van der Waals surface area contributed by atoms with Gasteiger partial charge in [0, 0.05) is 19.5 Å². The molecule has 0 aromatic carbocycles. The van der Waals surface area contributed by atoms with Crippen molar-refractivity contribution in [3.8, 4) is 0 Å². The maximum atomic E-state index is 11.3. The van der Waals surface area contributed by atoms with Crippen LogP contribution < -0.4 is 5.32 Å². The Kier molecular flexibility index (Phi) is 2.90. The number of aliphatic imine (C=N–C) groups is 1. The number of amidine groups is 1. The van der Waals surface area contributed by atoms with Crippen LogP contribution in [0.1, 0.15) is 12.8 Å². The topological polar surface area (TPSA) is 68.6 Å². The quantitative estimate of drug-likeness (QED) is 0.663. The SMILES string of the molecule is N=C1CCCN1CC1N=CNC(=O)C1Cl. The first-order valence-corrected chi connectivity index (χ1v) is 5.40. The number of carbonyl (C=O) groups is 1. The molecule has 15 heavy (non-hydrogen) atoms. The maximum absolute atomic E-state index is 11.3. The molecule has 2 heterocycles. The molecule has 0 aliphatic carbocycles. The number of rotatable bonds is 2. The van der Waals surface area contributed by atoms with Gasteiger partial charge < -0.3 is 10.2 Å². The van der Waals surface area contributed by atoms with E-state index in [0.717, 1.165) is 19.4 Å². The molecule has 82 valence electrons. The van der Waals surface area contributed by atoms with E-state index in [4.69, 9.17) is 17.0 Å². The highest BCUT2D eigenvalue weighted by atomic mass is 35.5. The highest BCUT2D eigenvalue weighted by Crippen LogP contribution is 2.16. The Morgan fingerprint density at radius 1 is 1.73 bits per heavy atom. The van der Waals surface area contributed by atoms with E-state index >= 15 is 0 Å². The summed E-state index contributed by atoms with van der Waals surface area (Å²) < 4.78 is 0. The fraction of sp³-hybridized carbons (Fsp3) is 0.667. The number of hydrogen-bond donors (Lipinski definition) is 2. The highest BCUT2D eigenvalue weighted by molar-refractivity contribution is 6.32. The first kappa shape index (κ1) is 10.4. The largest absolute Gasteiger partial charge is 0.358 e. The van der Waals surface area contributed by atoms with Gasteiger partial charge in [-0.05, 0) is 6.42 Å². The van der Waals surface area contributed by atoms with Crippen molar-refractivity contribution in [3.05, 3.63) is 0 Å². The minimum Gasteiger partial charge on any atom is -0.358 e. The molecule has 1 saturated heterocycles. The van der Waals surface area contributed by atoms with Gasteiger partial charge in [-0.3, -0.25) is 15.2 Å². The number of hydrogen-bond acceptors (Lipinski definition) is 3. The summed E-state index contributed by atoms with van der Waals surface area (Å²) in [6.07, 6.45) is 3.22. The van der Waals surface area contributed by atoms with Crippen LogP contribution in [0.5, 0.6) is 0 Å². The van der Waals surface area contributed by atoms with E-state index in [1.807, 2.05) is 4.90 Å². The van der Waals surface area contributed by atoms with Crippen molar-refractivity contribution in [1.29, 1.82) is 5.41 Å². The number of amides is 1. The third-order valence-electron chi connectivity index (χ3n) is 2.69. The second kappa shape index (κ2) is 4.18. The second-order valence-electron chi connectivity index (χ2n) is 3.75. The summed E-state index contributed by atoms with van der Waals surface area (Å²) >= 11 is 5.94. The van der Waals surface area contributed by atoms with Gasteiger partial charge in [-0.25, -0.2) is 0 Å². The van der Waals surface area contributed by atoms with Gasteiger partial charge in [0.05, 0.1) is 18.2 Å². The van der Waals surface area contributed by atoms with Crippen LogP contribution in [0.4, 0.5) is 0 Å². The van der Waals surface area contributed by atoms with E-state index in [1.54, 1.807) is 0 Å². The van der Waals surface area contributed by atoms with Crippen molar-refractivity contribution in [1.82, 2.24) is 10.2 Å². The van der Waals surface area contributed by atoms with Gasteiger partial charge in [-0.1, -0.05) is 0 Å². The molecule has 6 heteroatoms. The van der Waals surface area contributed by atoms with E-state index in [2.05, 4.69) is 10.3 Å². The zero-order valence-corrected chi connectivity index (χ0v) is 9.00. The molecule has 5 nitrogen and oxygen atoms in total. The molecule has 2 aliphatic heterocycles. The molecule has 0 aromatic rings. The van der Waals surface area contributed by atoms with Gasteiger partial charge >= 0.3 is 0 Å². The normalized spacial score (nSPS) is 30.9. The Hall–Kier alpha value is -1.10. The molecule has 1 fully saturated rings. The Bertz CT molecular complexity index is 317. The Balaban J connectivity index is 1.99. The van der Waals surface area contributed by atoms with Gasteiger partial charge in [-0.2, -0.15) is 0 Å². The molecule has 0 saturated carbocycles.